The van der Waals surface area contributed by atoms with Crippen LogP contribution in [0.1, 0.15) is 194 Å². The molecule has 4 N–H and O–H groups in total. The molecule has 0 spiro atoms. The van der Waals surface area contributed by atoms with E-state index in [9.17, 15) is 34.1 Å². The molecule has 0 rings (SSSR count). The van der Waals surface area contributed by atoms with E-state index in [1.165, 1.54) is 83.5 Å². The average Bonchev–Trinajstić information content (AvgIpc) is 3.17. The van der Waals surface area contributed by atoms with E-state index in [1.54, 1.807) is 0 Å². The van der Waals surface area contributed by atoms with Crippen molar-refractivity contribution in [3.8, 4) is 0 Å². The lowest BCUT2D eigenvalue weighted by Crippen LogP contribution is -2.43. The third kappa shape index (κ3) is 38.6. The quantitative estimate of drug-likeness (QED) is 0.0202. The highest BCUT2D eigenvalue weighted by Crippen LogP contribution is 2.43. The van der Waals surface area contributed by atoms with Gasteiger partial charge in [-0.3, -0.25) is 18.6 Å². The molecule has 1 amide bonds. The molecule has 0 aromatic carbocycles. The van der Waals surface area contributed by atoms with Crippen molar-refractivity contribution in [3.05, 3.63) is 36.5 Å². The van der Waals surface area contributed by atoms with Crippen LogP contribution in [-0.2, 0) is 32.7 Å². The van der Waals surface area contributed by atoms with Crippen LogP contribution in [0.25, 0.3) is 0 Å². The lowest BCUT2D eigenvalue weighted by molar-refractivity contribution is -0.147. The second kappa shape index (κ2) is 39.5. The summed E-state index contributed by atoms with van der Waals surface area (Å²) in [4.78, 5) is 45.9. The summed E-state index contributed by atoms with van der Waals surface area (Å²) < 4.78 is 26.8. The Morgan fingerprint density at radius 3 is 1.50 bits per heavy atom. The summed E-state index contributed by atoms with van der Waals surface area (Å²) in [5, 5.41) is 21.8. The molecule has 0 aromatic heterocycles. The number of nitrogens with one attached hydrogen (secondary N) is 1. The number of aliphatic carboxylic acids is 1. The van der Waals surface area contributed by atoms with Crippen molar-refractivity contribution in [3.63, 3.8) is 0 Å². The number of allylic oxidation sites excluding steroid dienone is 6. The Morgan fingerprint density at radius 2 is 0.982 bits per heavy atom. The molecule has 3 atom stereocenters. The number of ether oxygens (including phenoxy) is 1. The Hall–Kier alpha value is -2.30. The van der Waals surface area contributed by atoms with E-state index < -0.39 is 57.6 Å². The maximum atomic E-state index is 12.3. The van der Waals surface area contributed by atoms with Gasteiger partial charge in [-0.25, -0.2) is 9.36 Å². The zero-order valence-electron chi connectivity index (χ0n) is 35.2. The van der Waals surface area contributed by atoms with Gasteiger partial charge >= 0.3 is 19.8 Å². The number of amides is 1. The molecule has 326 valence electrons. The predicted molar refractivity (Wildman–Crippen MR) is 226 cm³/mol. The molecule has 0 aromatic rings. The van der Waals surface area contributed by atoms with Crippen LogP contribution in [0.3, 0.4) is 0 Å². The lowest BCUT2D eigenvalue weighted by Gasteiger charge is -2.18. The zero-order chi connectivity index (χ0) is 41.4. The van der Waals surface area contributed by atoms with Crippen LogP contribution in [-0.4, -0.2) is 64.9 Å². The maximum Gasteiger partial charge on any atom is 0.472 e. The van der Waals surface area contributed by atoms with Gasteiger partial charge in [0.1, 0.15) is 12.7 Å². The smallest absolute Gasteiger partial charge is 0.472 e. The maximum absolute atomic E-state index is 12.3. The topological polar surface area (TPSA) is 169 Å². The van der Waals surface area contributed by atoms with Gasteiger partial charge in [0.15, 0.2) is 6.04 Å². The van der Waals surface area contributed by atoms with E-state index in [0.29, 0.717) is 12.8 Å². The summed E-state index contributed by atoms with van der Waals surface area (Å²) in [7, 11) is -4.76. The molecular weight excluding hydrogens is 733 g/mol. The minimum atomic E-state index is -4.76. The monoisotopic (exact) mass is 814 g/mol. The molecule has 0 aliphatic carbocycles. The summed E-state index contributed by atoms with van der Waals surface area (Å²) >= 11 is 0. The molecule has 0 aliphatic rings. The number of carboxylic acids is 1. The summed E-state index contributed by atoms with van der Waals surface area (Å²) in [5.41, 5.74) is 0. The van der Waals surface area contributed by atoms with Crippen LogP contribution in [0, 0.1) is 0 Å². The standard InChI is InChI=1S/C44H80NO10P/c1-3-5-7-9-11-13-15-17-19-20-22-24-26-28-30-32-34-36-43(48)53-37-40(46)38-54-56(51,52)55-39-41(44(49)50)45-42(47)35-33-31-29-27-25-23-21-18-16-14-12-10-8-6-4-2/h12,14,17-19,21,40-41,46H,3-11,13,15-16,20,22-39H2,1-2H3,(H,45,47)(H,49,50)(H,51,52)/b14-12-,19-17-,21-18-. The summed E-state index contributed by atoms with van der Waals surface area (Å²) in [6, 6.07) is -1.55. The van der Waals surface area contributed by atoms with Gasteiger partial charge in [0.25, 0.3) is 0 Å². The van der Waals surface area contributed by atoms with Crippen LogP contribution < -0.4 is 5.32 Å². The number of rotatable bonds is 41. The molecule has 0 saturated carbocycles. The van der Waals surface area contributed by atoms with Crippen molar-refractivity contribution in [1.82, 2.24) is 5.32 Å². The minimum absolute atomic E-state index is 0.129. The Labute approximate surface area is 340 Å². The number of unbranched alkanes of at least 4 members (excludes halogenated alkanes) is 21. The van der Waals surface area contributed by atoms with Crippen LogP contribution >= 0.6 is 7.82 Å². The molecule has 12 heteroatoms. The van der Waals surface area contributed by atoms with Crippen molar-refractivity contribution in [2.75, 3.05) is 19.8 Å². The Bertz CT molecular complexity index is 1100. The van der Waals surface area contributed by atoms with Crippen molar-refractivity contribution < 1.29 is 47.8 Å². The summed E-state index contributed by atoms with van der Waals surface area (Å²) in [6.07, 6.45) is 41.6. The first kappa shape index (κ1) is 53.7. The van der Waals surface area contributed by atoms with Crippen LogP contribution in [0.2, 0.25) is 0 Å². The summed E-state index contributed by atoms with van der Waals surface area (Å²) in [5.74, 6) is -2.40. The fraction of sp³-hybridized carbons (Fsp3) is 0.795. The van der Waals surface area contributed by atoms with Gasteiger partial charge in [-0.05, 0) is 70.6 Å². The number of aliphatic hydroxyl groups is 1. The Morgan fingerprint density at radius 1 is 0.571 bits per heavy atom. The highest BCUT2D eigenvalue weighted by atomic mass is 31.2. The first-order valence-corrected chi connectivity index (χ1v) is 23.5. The molecule has 11 nitrogen and oxygen atoms in total. The van der Waals surface area contributed by atoms with Gasteiger partial charge in [0.05, 0.1) is 13.2 Å². The van der Waals surface area contributed by atoms with Crippen LogP contribution in [0.4, 0.5) is 0 Å². The van der Waals surface area contributed by atoms with Gasteiger partial charge in [0, 0.05) is 12.8 Å². The van der Waals surface area contributed by atoms with Gasteiger partial charge in [-0.2, -0.15) is 0 Å². The number of carboxylic acid groups (broad SMARTS) is 1. The van der Waals surface area contributed by atoms with E-state index in [-0.39, 0.29) is 12.8 Å². The van der Waals surface area contributed by atoms with Crippen molar-refractivity contribution in [1.29, 1.82) is 0 Å². The third-order valence-corrected chi connectivity index (χ3v) is 10.4. The fourth-order valence-electron chi connectivity index (χ4n) is 5.93. The molecule has 0 bridgehead atoms. The van der Waals surface area contributed by atoms with Gasteiger partial charge in [0.2, 0.25) is 5.91 Å². The number of aliphatic hydroxyl groups excluding tert-OH is 1. The average molecular weight is 814 g/mol. The van der Waals surface area contributed by atoms with Gasteiger partial charge in [-0.15, -0.1) is 0 Å². The molecule has 56 heavy (non-hydrogen) atoms. The highest BCUT2D eigenvalue weighted by Gasteiger charge is 2.28. The number of esters is 1. The molecule has 0 fully saturated rings. The van der Waals surface area contributed by atoms with E-state index in [0.717, 1.165) is 70.6 Å². The van der Waals surface area contributed by atoms with E-state index in [2.05, 4.69) is 55.6 Å². The fourth-order valence-corrected chi connectivity index (χ4v) is 6.70. The molecule has 0 radical (unpaired) electrons. The minimum Gasteiger partial charge on any atom is -0.480 e. The van der Waals surface area contributed by atoms with E-state index in [4.69, 9.17) is 13.8 Å². The molecule has 0 saturated heterocycles. The molecule has 0 heterocycles. The number of phosphoric acid groups is 1. The second-order valence-corrected chi connectivity index (χ2v) is 16.3. The molecular formula is C44H80NO10P. The third-order valence-electron chi connectivity index (χ3n) is 9.40. The number of carbonyl (C=O) groups is 3. The predicted octanol–water partition coefficient (Wildman–Crippen LogP) is 11.2. The van der Waals surface area contributed by atoms with Crippen molar-refractivity contribution >= 4 is 25.7 Å². The lowest BCUT2D eigenvalue weighted by atomic mass is 10.1. The summed E-state index contributed by atoms with van der Waals surface area (Å²) in [6.45, 7) is 2.55. The highest BCUT2D eigenvalue weighted by molar-refractivity contribution is 7.47. The molecule has 0 aliphatic heterocycles. The Kier molecular flexibility index (Phi) is 37.9. The normalized spacial score (nSPS) is 14.1. The van der Waals surface area contributed by atoms with Crippen molar-refractivity contribution in [2.45, 2.75) is 206 Å². The number of carbonyl (C=O) groups excluding carboxylic acids is 2. The van der Waals surface area contributed by atoms with Gasteiger partial charge < -0.3 is 25.2 Å². The largest absolute Gasteiger partial charge is 0.480 e. The number of hydrogen-bond donors (Lipinski definition) is 4. The molecule has 3 unspecified atom stereocenters. The van der Waals surface area contributed by atoms with E-state index in [1.807, 2.05) is 0 Å². The van der Waals surface area contributed by atoms with Crippen LogP contribution in [0.5, 0.6) is 0 Å². The zero-order valence-corrected chi connectivity index (χ0v) is 36.1. The van der Waals surface area contributed by atoms with Crippen LogP contribution in [0.15, 0.2) is 36.5 Å². The Balaban J connectivity index is 3.92. The van der Waals surface area contributed by atoms with Crippen molar-refractivity contribution in [2.24, 2.45) is 0 Å². The number of hydrogen-bond acceptors (Lipinski definition) is 8. The second-order valence-electron chi connectivity index (χ2n) is 14.9. The van der Waals surface area contributed by atoms with E-state index >= 15 is 0 Å². The van der Waals surface area contributed by atoms with Gasteiger partial charge in [-0.1, -0.05) is 147 Å². The first-order valence-electron chi connectivity index (χ1n) is 22.0. The SMILES string of the molecule is CCCCC/C=C\C/C=C\CCCCCCCC(=O)NC(COP(=O)(O)OCC(O)COC(=O)CCCCCCCCC/C=C\CCCCCCCC)C(=O)O. The first-order chi connectivity index (χ1) is 27.1. The number of phosphoric ester groups is 1.